The van der Waals surface area contributed by atoms with Gasteiger partial charge in [-0.05, 0) is 24.5 Å². The standard InChI is InChI=1S/C16H21F2NO2/c17-13-7-6-11(14(18)9-13)8-16(21)19-15-5-3-1-2-4-12(15)10-20/h6-7,9,12,15,20H,1-5,8,10H2,(H,19,21)/t12-,15-/m1/s1. The molecule has 0 aliphatic heterocycles. The second-order valence-corrected chi connectivity index (χ2v) is 5.67. The molecule has 0 radical (unpaired) electrons. The summed E-state index contributed by atoms with van der Waals surface area (Å²) in [7, 11) is 0. The molecule has 1 aliphatic carbocycles. The quantitative estimate of drug-likeness (QED) is 0.839. The Kier molecular flexibility index (Phi) is 5.67. The highest BCUT2D eigenvalue weighted by Gasteiger charge is 2.24. The smallest absolute Gasteiger partial charge is 0.224 e. The Morgan fingerprint density at radius 3 is 2.71 bits per heavy atom. The monoisotopic (exact) mass is 297 g/mol. The molecule has 0 spiro atoms. The van der Waals surface area contributed by atoms with Crippen LogP contribution in [0.5, 0.6) is 0 Å². The van der Waals surface area contributed by atoms with Crippen LogP contribution in [0, 0.1) is 17.6 Å². The molecule has 1 amide bonds. The summed E-state index contributed by atoms with van der Waals surface area (Å²) in [4.78, 5) is 12.0. The zero-order valence-electron chi connectivity index (χ0n) is 11.9. The normalized spacial score (nSPS) is 22.6. The van der Waals surface area contributed by atoms with Gasteiger partial charge in [-0.1, -0.05) is 25.3 Å². The number of carbonyl (C=O) groups is 1. The van der Waals surface area contributed by atoms with Gasteiger partial charge in [0.2, 0.25) is 5.91 Å². The summed E-state index contributed by atoms with van der Waals surface area (Å²) in [6.45, 7) is 0.0514. The van der Waals surface area contributed by atoms with E-state index in [0.717, 1.165) is 44.2 Å². The van der Waals surface area contributed by atoms with E-state index in [1.165, 1.54) is 6.07 Å². The maximum absolute atomic E-state index is 13.5. The molecule has 116 valence electrons. The van der Waals surface area contributed by atoms with E-state index in [0.29, 0.717) is 0 Å². The number of hydrogen-bond donors (Lipinski definition) is 2. The molecule has 1 saturated carbocycles. The van der Waals surface area contributed by atoms with Gasteiger partial charge in [0.05, 0.1) is 6.42 Å². The molecule has 2 N–H and O–H groups in total. The van der Waals surface area contributed by atoms with Gasteiger partial charge < -0.3 is 10.4 Å². The second-order valence-electron chi connectivity index (χ2n) is 5.67. The van der Waals surface area contributed by atoms with Gasteiger partial charge in [-0.2, -0.15) is 0 Å². The highest BCUT2D eigenvalue weighted by atomic mass is 19.1. The lowest BCUT2D eigenvalue weighted by atomic mass is 9.95. The van der Waals surface area contributed by atoms with Crippen molar-refractivity contribution in [2.45, 2.75) is 44.6 Å². The molecule has 0 saturated heterocycles. The van der Waals surface area contributed by atoms with Crippen LogP contribution in [0.3, 0.4) is 0 Å². The van der Waals surface area contributed by atoms with Crippen LogP contribution < -0.4 is 5.32 Å². The van der Waals surface area contributed by atoms with Crippen molar-refractivity contribution in [2.75, 3.05) is 6.61 Å². The third-order valence-electron chi connectivity index (χ3n) is 4.11. The molecule has 0 bridgehead atoms. The largest absolute Gasteiger partial charge is 0.396 e. The molecule has 1 aliphatic rings. The lowest BCUT2D eigenvalue weighted by molar-refractivity contribution is -0.121. The van der Waals surface area contributed by atoms with Crippen molar-refractivity contribution in [3.63, 3.8) is 0 Å². The number of hydrogen-bond acceptors (Lipinski definition) is 2. The zero-order chi connectivity index (χ0) is 15.2. The van der Waals surface area contributed by atoms with E-state index < -0.39 is 11.6 Å². The summed E-state index contributed by atoms with van der Waals surface area (Å²) >= 11 is 0. The molecule has 1 aromatic carbocycles. The van der Waals surface area contributed by atoms with Crippen molar-refractivity contribution in [3.05, 3.63) is 35.4 Å². The van der Waals surface area contributed by atoms with Gasteiger partial charge in [0.25, 0.3) is 0 Å². The summed E-state index contributed by atoms with van der Waals surface area (Å²) in [5.74, 6) is -1.58. The lowest BCUT2D eigenvalue weighted by Gasteiger charge is -2.24. The minimum atomic E-state index is -0.704. The molecule has 1 aromatic rings. The summed E-state index contributed by atoms with van der Waals surface area (Å²) in [5, 5.41) is 12.3. The number of rotatable bonds is 4. The van der Waals surface area contributed by atoms with Crippen LogP contribution in [-0.4, -0.2) is 23.7 Å². The number of amides is 1. The first kappa shape index (κ1) is 15.9. The average Bonchev–Trinajstić information content (AvgIpc) is 2.67. The molecule has 0 heterocycles. The zero-order valence-corrected chi connectivity index (χ0v) is 11.9. The van der Waals surface area contributed by atoms with Crippen molar-refractivity contribution in [1.29, 1.82) is 0 Å². The fourth-order valence-electron chi connectivity index (χ4n) is 2.89. The Hall–Kier alpha value is -1.49. The van der Waals surface area contributed by atoms with Crippen LogP contribution >= 0.6 is 0 Å². The number of nitrogens with one attached hydrogen (secondary N) is 1. The van der Waals surface area contributed by atoms with E-state index in [1.807, 2.05) is 0 Å². The summed E-state index contributed by atoms with van der Waals surface area (Å²) < 4.78 is 26.4. The van der Waals surface area contributed by atoms with Crippen LogP contribution in [0.1, 0.15) is 37.7 Å². The Bertz CT molecular complexity index is 493. The SMILES string of the molecule is O=C(Cc1ccc(F)cc1F)N[C@@H]1CCCCC[C@@H]1CO. The summed E-state index contributed by atoms with van der Waals surface area (Å²) in [5.41, 5.74) is 0.183. The van der Waals surface area contributed by atoms with Crippen molar-refractivity contribution in [1.82, 2.24) is 5.32 Å². The fraction of sp³-hybridized carbons (Fsp3) is 0.562. The van der Waals surface area contributed by atoms with E-state index in [4.69, 9.17) is 0 Å². The van der Waals surface area contributed by atoms with Crippen molar-refractivity contribution < 1.29 is 18.7 Å². The van der Waals surface area contributed by atoms with Gasteiger partial charge in [-0.15, -0.1) is 0 Å². The summed E-state index contributed by atoms with van der Waals surface area (Å²) in [6, 6.07) is 3.16. The van der Waals surface area contributed by atoms with E-state index >= 15 is 0 Å². The molecular formula is C16H21F2NO2. The third kappa shape index (κ3) is 4.49. The maximum atomic E-state index is 13.5. The van der Waals surface area contributed by atoms with Crippen molar-refractivity contribution in [2.24, 2.45) is 5.92 Å². The van der Waals surface area contributed by atoms with Crippen LogP contribution in [0.4, 0.5) is 8.78 Å². The third-order valence-corrected chi connectivity index (χ3v) is 4.11. The van der Waals surface area contributed by atoms with E-state index in [1.54, 1.807) is 0 Å². The Labute approximate surface area is 123 Å². The topological polar surface area (TPSA) is 49.3 Å². The number of benzene rings is 1. The number of aliphatic hydroxyl groups is 1. The molecule has 1 fully saturated rings. The highest BCUT2D eigenvalue weighted by Crippen LogP contribution is 2.23. The van der Waals surface area contributed by atoms with Gasteiger partial charge >= 0.3 is 0 Å². The Balaban J connectivity index is 1.96. The number of aliphatic hydroxyl groups excluding tert-OH is 1. The fourth-order valence-corrected chi connectivity index (χ4v) is 2.89. The van der Waals surface area contributed by atoms with Crippen LogP contribution in [-0.2, 0) is 11.2 Å². The molecule has 0 aromatic heterocycles. The first-order chi connectivity index (χ1) is 10.1. The molecule has 2 atom stereocenters. The lowest BCUT2D eigenvalue weighted by Crippen LogP contribution is -2.41. The average molecular weight is 297 g/mol. The van der Waals surface area contributed by atoms with Gasteiger partial charge in [0, 0.05) is 24.6 Å². The maximum Gasteiger partial charge on any atom is 0.224 e. The Morgan fingerprint density at radius 1 is 1.24 bits per heavy atom. The van der Waals surface area contributed by atoms with Gasteiger partial charge in [-0.3, -0.25) is 4.79 Å². The van der Waals surface area contributed by atoms with Gasteiger partial charge in [0.15, 0.2) is 0 Å². The molecular weight excluding hydrogens is 276 g/mol. The van der Waals surface area contributed by atoms with Crippen LogP contribution in [0.25, 0.3) is 0 Å². The van der Waals surface area contributed by atoms with Gasteiger partial charge in [-0.25, -0.2) is 8.78 Å². The minimum absolute atomic E-state index is 0.0514. The van der Waals surface area contributed by atoms with Crippen molar-refractivity contribution >= 4 is 5.91 Å². The number of halogens is 2. The first-order valence-corrected chi connectivity index (χ1v) is 7.44. The summed E-state index contributed by atoms with van der Waals surface area (Å²) in [6.07, 6.45) is 4.81. The second kappa shape index (κ2) is 7.50. The van der Waals surface area contributed by atoms with Gasteiger partial charge in [0.1, 0.15) is 11.6 Å². The van der Waals surface area contributed by atoms with Crippen LogP contribution in [0.2, 0.25) is 0 Å². The van der Waals surface area contributed by atoms with Crippen molar-refractivity contribution in [3.8, 4) is 0 Å². The molecule has 21 heavy (non-hydrogen) atoms. The van der Waals surface area contributed by atoms with E-state index in [2.05, 4.69) is 5.32 Å². The molecule has 0 unspecified atom stereocenters. The predicted molar refractivity (Wildman–Crippen MR) is 75.7 cm³/mol. The number of carbonyl (C=O) groups excluding carboxylic acids is 1. The molecule has 5 heteroatoms. The molecule has 3 nitrogen and oxygen atoms in total. The van der Waals surface area contributed by atoms with E-state index in [9.17, 15) is 18.7 Å². The minimum Gasteiger partial charge on any atom is -0.396 e. The van der Waals surface area contributed by atoms with E-state index in [-0.39, 0.29) is 36.5 Å². The highest BCUT2D eigenvalue weighted by molar-refractivity contribution is 5.78. The Morgan fingerprint density at radius 2 is 2.00 bits per heavy atom. The van der Waals surface area contributed by atoms with Crippen LogP contribution in [0.15, 0.2) is 18.2 Å². The molecule has 2 rings (SSSR count). The predicted octanol–water partition coefficient (Wildman–Crippen LogP) is 2.56. The first-order valence-electron chi connectivity index (χ1n) is 7.44.